The molecule has 0 aromatic carbocycles. The van der Waals surface area contributed by atoms with Gasteiger partial charge >= 0.3 is 5.97 Å². The number of carbonyl (C=O) groups excluding carboxylic acids is 1. The van der Waals surface area contributed by atoms with Crippen molar-refractivity contribution >= 4 is 18.4 Å². The molecule has 62 valence electrons. The molecule has 0 aromatic heterocycles. The van der Waals surface area contributed by atoms with Gasteiger partial charge in [-0.15, -0.1) is 12.4 Å². The van der Waals surface area contributed by atoms with Crippen LogP contribution in [0.15, 0.2) is 0 Å². The predicted octanol–water partition coefficient (Wildman–Crippen LogP) is 0.581. The Morgan fingerprint density at radius 3 is 2.60 bits per heavy atom. The first kappa shape index (κ1) is 12.4. The van der Waals surface area contributed by atoms with Gasteiger partial charge in [-0.1, -0.05) is 6.92 Å². The zero-order valence-corrected chi connectivity index (χ0v) is 7.16. The second-order valence-electron chi connectivity index (χ2n) is 1.68. The molecule has 0 aromatic rings. The van der Waals surface area contributed by atoms with Gasteiger partial charge in [0.1, 0.15) is 6.61 Å². The molecule has 0 radical (unpaired) electrons. The van der Waals surface area contributed by atoms with Gasteiger partial charge in [0.2, 0.25) is 0 Å². The van der Waals surface area contributed by atoms with Gasteiger partial charge in [-0.3, -0.25) is 4.79 Å². The van der Waals surface area contributed by atoms with Gasteiger partial charge in [-0.2, -0.15) is 0 Å². The summed E-state index contributed by atoms with van der Waals surface area (Å²) >= 11 is 0. The van der Waals surface area contributed by atoms with E-state index in [1.807, 2.05) is 7.05 Å². The Morgan fingerprint density at radius 1 is 1.60 bits per heavy atom. The van der Waals surface area contributed by atoms with Crippen LogP contribution in [0.3, 0.4) is 0 Å². The number of hydrogen-bond donors (Lipinski definition) is 1. The molecule has 10 heavy (non-hydrogen) atoms. The lowest BCUT2D eigenvalue weighted by molar-refractivity contribution is -0.143. The lowest BCUT2D eigenvalue weighted by atomic mass is 10.5. The Morgan fingerprint density at radius 2 is 2.20 bits per heavy atom. The Balaban J connectivity index is 0. The SMILES string of the molecule is CCC(=O)OCCNC.Cl. The monoisotopic (exact) mass is 167 g/mol. The van der Waals surface area contributed by atoms with Crippen molar-refractivity contribution < 1.29 is 9.53 Å². The Hall–Kier alpha value is -0.280. The van der Waals surface area contributed by atoms with Crippen LogP contribution in [0.5, 0.6) is 0 Å². The van der Waals surface area contributed by atoms with Crippen LogP contribution in [0.2, 0.25) is 0 Å². The average molecular weight is 168 g/mol. The lowest BCUT2D eigenvalue weighted by Crippen LogP contribution is -2.16. The van der Waals surface area contributed by atoms with Gasteiger partial charge in [-0.25, -0.2) is 0 Å². The Bertz CT molecular complexity index is 87.8. The topological polar surface area (TPSA) is 38.3 Å². The summed E-state index contributed by atoms with van der Waals surface area (Å²) < 4.78 is 4.73. The zero-order valence-electron chi connectivity index (χ0n) is 6.35. The molecule has 0 spiro atoms. The molecule has 0 amide bonds. The summed E-state index contributed by atoms with van der Waals surface area (Å²) in [5.74, 6) is -0.134. The summed E-state index contributed by atoms with van der Waals surface area (Å²) in [6.07, 6.45) is 0.462. The lowest BCUT2D eigenvalue weighted by Gasteiger charge is -2.00. The van der Waals surface area contributed by atoms with Crippen LogP contribution < -0.4 is 5.32 Å². The van der Waals surface area contributed by atoms with Crippen molar-refractivity contribution in [3.8, 4) is 0 Å². The highest BCUT2D eigenvalue weighted by molar-refractivity contribution is 5.85. The smallest absolute Gasteiger partial charge is 0.305 e. The van der Waals surface area contributed by atoms with E-state index in [1.54, 1.807) is 6.92 Å². The van der Waals surface area contributed by atoms with Crippen molar-refractivity contribution in [1.29, 1.82) is 0 Å². The number of rotatable bonds is 4. The van der Waals surface area contributed by atoms with Gasteiger partial charge < -0.3 is 10.1 Å². The standard InChI is InChI=1S/C6H13NO2.ClH/c1-3-6(8)9-5-4-7-2;/h7H,3-5H2,1-2H3;1H. The molecule has 4 heteroatoms. The summed E-state index contributed by atoms with van der Waals surface area (Å²) in [6.45, 7) is 2.98. The maximum atomic E-state index is 10.4. The van der Waals surface area contributed by atoms with Crippen LogP contribution in [0.1, 0.15) is 13.3 Å². The molecule has 0 aliphatic heterocycles. The molecule has 1 N–H and O–H groups in total. The molecule has 0 saturated heterocycles. The van der Waals surface area contributed by atoms with Gasteiger partial charge in [-0.05, 0) is 7.05 Å². The maximum Gasteiger partial charge on any atom is 0.305 e. The van der Waals surface area contributed by atoms with Crippen molar-refractivity contribution in [3.05, 3.63) is 0 Å². The first-order valence-corrected chi connectivity index (χ1v) is 3.11. The van der Waals surface area contributed by atoms with E-state index in [1.165, 1.54) is 0 Å². The number of likely N-dealkylation sites (N-methyl/N-ethyl adjacent to an activating group) is 1. The quantitative estimate of drug-likeness (QED) is 0.492. The average Bonchev–Trinajstić information content (AvgIpc) is 1.89. The third kappa shape index (κ3) is 7.72. The van der Waals surface area contributed by atoms with Crippen LogP contribution in [-0.2, 0) is 9.53 Å². The number of esters is 1. The summed E-state index contributed by atoms with van der Waals surface area (Å²) in [5.41, 5.74) is 0. The van der Waals surface area contributed by atoms with E-state index in [0.29, 0.717) is 13.0 Å². The van der Waals surface area contributed by atoms with E-state index in [-0.39, 0.29) is 18.4 Å². The van der Waals surface area contributed by atoms with Crippen LogP contribution in [0, 0.1) is 0 Å². The molecule has 0 aliphatic carbocycles. The van der Waals surface area contributed by atoms with Gasteiger partial charge in [0.15, 0.2) is 0 Å². The first-order valence-electron chi connectivity index (χ1n) is 3.11. The van der Waals surface area contributed by atoms with E-state index in [0.717, 1.165) is 6.54 Å². The van der Waals surface area contributed by atoms with Gasteiger partial charge in [0, 0.05) is 13.0 Å². The molecule has 0 bridgehead atoms. The Labute approximate surface area is 67.5 Å². The van der Waals surface area contributed by atoms with E-state index in [9.17, 15) is 4.79 Å². The van der Waals surface area contributed by atoms with Crippen LogP contribution >= 0.6 is 12.4 Å². The van der Waals surface area contributed by atoms with Gasteiger partial charge in [0.05, 0.1) is 0 Å². The molecule has 0 fully saturated rings. The normalized spacial score (nSPS) is 8.20. The van der Waals surface area contributed by atoms with Crippen LogP contribution in [0.25, 0.3) is 0 Å². The highest BCUT2D eigenvalue weighted by Gasteiger charge is 1.94. The molecule has 0 heterocycles. The molecular formula is C6H14ClNO2. The summed E-state index contributed by atoms with van der Waals surface area (Å²) in [5, 5.41) is 2.87. The molecule has 0 saturated carbocycles. The number of hydrogen-bond acceptors (Lipinski definition) is 3. The summed E-state index contributed by atoms with van der Waals surface area (Å²) in [7, 11) is 1.82. The second-order valence-corrected chi connectivity index (χ2v) is 1.68. The van der Waals surface area contributed by atoms with E-state index >= 15 is 0 Å². The number of halogens is 1. The third-order valence-electron chi connectivity index (χ3n) is 0.904. The number of ether oxygens (including phenoxy) is 1. The van der Waals surface area contributed by atoms with E-state index in [2.05, 4.69) is 5.32 Å². The zero-order chi connectivity index (χ0) is 7.11. The van der Waals surface area contributed by atoms with Crippen molar-refractivity contribution in [2.75, 3.05) is 20.2 Å². The summed E-state index contributed by atoms with van der Waals surface area (Å²) in [6, 6.07) is 0. The molecule has 0 aliphatic rings. The first-order chi connectivity index (χ1) is 4.31. The van der Waals surface area contributed by atoms with E-state index in [4.69, 9.17) is 4.74 Å². The second kappa shape index (κ2) is 8.72. The largest absolute Gasteiger partial charge is 0.464 e. The summed E-state index contributed by atoms with van der Waals surface area (Å²) in [4.78, 5) is 10.4. The molecule has 0 rings (SSSR count). The third-order valence-corrected chi connectivity index (χ3v) is 0.904. The highest BCUT2D eigenvalue weighted by atomic mass is 35.5. The van der Waals surface area contributed by atoms with E-state index < -0.39 is 0 Å². The fourth-order valence-electron chi connectivity index (χ4n) is 0.369. The highest BCUT2D eigenvalue weighted by Crippen LogP contribution is 1.81. The predicted molar refractivity (Wildman–Crippen MR) is 42.4 cm³/mol. The van der Waals surface area contributed by atoms with Gasteiger partial charge in [0.25, 0.3) is 0 Å². The van der Waals surface area contributed by atoms with Crippen LogP contribution in [-0.4, -0.2) is 26.2 Å². The Kier molecular flexibility index (Phi) is 10.8. The van der Waals surface area contributed by atoms with Crippen molar-refractivity contribution in [3.63, 3.8) is 0 Å². The minimum atomic E-state index is -0.134. The minimum absolute atomic E-state index is 0. The van der Waals surface area contributed by atoms with Crippen molar-refractivity contribution in [1.82, 2.24) is 5.32 Å². The van der Waals surface area contributed by atoms with Crippen molar-refractivity contribution in [2.24, 2.45) is 0 Å². The minimum Gasteiger partial charge on any atom is -0.464 e. The molecule has 3 nitrogen and oxygen atoms in total. The molecule has 0 unspecified atom stereocenters. The van der Waals surface area contributed by atoms with Crippen molar-refractivity contribution in [2.45, 2.75) is 13.3 Å². The number of carbonyl (C=O) groups is 1. The number of nitrogens with one attached hydrogen (secondary N) is 1. The van der Waals surface area contributed by atoms with Crippen LogP contribution in [0.4, 0.5) is 0 Å². The fourth-order valence-corrected chi connectivity index (χ4v) is 0.369. The fraction of sp³-hybridized carbons (Fsp3) is 0.833. The molecular weight excluding hydrogens is 154 g/mol. The molecule has 0 atom stereocenters. The maximum absolute atomic E-state index is 10.4.